The third kappa shape index (κ3) is 2.01. The van der Waals surface area contributed by atoms with Crippen molar-refractivity contribution in [2.75, 3.05) is 0 Å². The van der Waals surface area contributed by atoms with Crippen molar-refractivity contribution in [3.63, 3.8) is 0 Å². The van der Waals surface area contributed by atoms with Crippen LogP contribution in [0, 0.1) is 5.82 Å². The van der Waals surface area contributed by atoms with Crippen molar-refractivity contribution in [1.29, 1.82) is 0 Å². The Labute approximate surface area is 80.5 Å². The second-order valence-corrected chi connectivity index (χ2v) is 2.64. The summed E-state index contributed by atoms with van der Waals surface area (Å²) >= 11 is 5.16. The van der Waals surface area contributed by atoms with E-state index in [-0.39, 0.29) is 0 Å². The minimum Gasteiger partial charge on any atom is -0.284 e. The largest absolute Gasteiger partial charge is 0.455 e. The highest BCUT2D eigenvalue weighted by Crippen LogP contribution is 2.26. The maximum absolute atomic E-state index is 12.8. The zero-order valence-corrected chi connectivity index (χ0v) is 7.16. The molecular weight excluding hydrogens is 226 g/mol. The molecule has 1 aromatic heterocycles. The molecule has 0 saturated heterocycles. The highest BCUT2D eigenvalue weighted by Gasteiger charge is 2.42. The smallest absolute Gasteiger partial charge is 0.284 e. The highest BCUT2D eigenvalue weighted by atomic mass is 35.5. The molecule has 0 spiro atoms. The van der Waals surface area contributed by atoms with Gasteiger partial charge in [-0.2, -0.15) is 13.2 Å². The van der Waals surface area contributed by atoms with Crippen LogP contribution < -0.4 is 0 Å². The number of nitrogens with zero attached hydrogens (tertiary/aromatic N) is 1. The molecule has 0 atom stereocenters. The van der Waals surface area contributed by atoms with Crippen LogP contribution in [0.2, 0.25) is 5.15 Å². The highest BCUT2D eigenvalue weighted by molar-refractivity contribution is 6.33. The fourth-order valence-corrected chi connectivity index (χ4v) is 0.991. The molecule has 0 aliphatic rings. The molecule has 76 valence electrons. The SMILES string of the molecule is O=C(c1c(F)ccnc1Cl)C(F)(F)F. The summed E-state index contributed by atoms with van der Waals surface area (Å²) in [6, 6.07) is 0.630. The lowest BCUT2D eigenvalue weighted by Gasteiger charge is -2.06. The van der Waals surface area contributed by atoms with E-state index in [0.29, 0.717) is 6.07 Å². The average Bonchev–Trinajstić information content (AvgIpc) is 2.01. The van der Waals surface area contributed by atoms with Crippen molar-refractivity contribution in [2.45, 2.75) is 6.18 Å². The van der Waals surface area contributed by atoms with Crippen molar-refractivity contribution in [3.05, 3.63) is 28.8 Å². The minimum absolute atomic E-state index is 0.630. The molecule has 7 heteroatoms. The van der Waals surface area contributed by atoms with Crippen LogP contribution in [-0.4, -0.2) is 16.9 Å². The van der Waals surface area contributed by atoms with E-state index in [4.69, 9.17) is 11.6 Å². The Hall–Kier alpha value is -1.17. The molecule has 0 radical (unpaired) electrons. The number of aromatic nitrogens is 1. The summed E-state index contributed by atoms with van der Waals surface area (Å²) in [4.78, 5) is 13.8. The number of ketones is 1. The van der Waals surface area contributed by atoms with Gasteiger partial charge in [-0.05, 0) is 6.07 Å². The van der Waals surface area contributed by atoms with E-state index in [1.54, 1.807) is 0 Å². The number of hydrogen-bond donors (Lipinski definition) is 0. The van der Waals surface area contributed by atoms with Gasteiger partial charge in [-0.1, -0.05) is 11.6 Å². The van der Waals surface area contributed by atoms with E-state index >= 15 is 0 Å². The first-order valence-electron chi connectivity index (χ1n) is 3.25. The summed E-state index contributed by atoms with van der Waals surface area (Å²) in [6.07, 6.45) is -4.29. The molecule has 0 fully saturated rings. The van der Waals surface area contributed by atoms with Crippen LogP contribution in [-0.2, 0) is 0 Å². The van der Waals surface area contributed by atoms with Gasteiger partial charge in [0, 0.05) is 6.20 Å². The predicted octanol–water partition coefficient (Wildman–Crippen LogP) is 2.62. The summed E-state index contributed by atoms with van der Waals surface area (Å²) < 4.78 is 48.5. The summed E-state index contributed by atoms with van der Waals surface area (Å²) in [5.41, 5.74) is -1.25. The zero-order chi connectivity index (χ0) is 10.9. The van der Waals surface area contributed by atoms with E-state index in [2.05, 4.69) is 4.98 Å². The normalized spacial score (nSPS) is 11.5. The Morgan fingerprint density at radius 3 is 2.43 bits per heavy atom. The monoisotopic (exact) mass is 227 g/mol. The van der Waals surface area contributed by atoms with Gasteiger partial charge in [0.1, 0.15) is 16.5 Å². The van der Waals surface area contributed by atoms with Gasteiger partial charge < -0.3 is 0 Å². The third-order valence-electron chi connectivity index (χ3n) is 1.34. The Morgan fingerprint density at radius 1 is 1.43 bits per heavy atom. The van der Waals surface area contributed by atoms with Gasteiger partial charge in [-0.15, -0.1) is 0 Å². The maximum Gasteiger partial charge on any atom is 0.455 e. The summed E-state index contributed by atoms with van der Waals surface area (Å²) in [6.45, 7) is 0. The molecule has 0 saturated carbocycles. The lowest BCUT2D eigenvalue weighted by Crippen LogP contribution is -2.24. The fraction of sp³-hybridized carbons (Fsp3) is 0.143. The van der Waals surface area contributed by atoms with Gasteiger partial charge in [0.25, 0.3) is 5.78 Å². The Morgan fingerprint density at radius 2 is 2.00 bits per heavy atom. The number of carbonyl (C=O) groups excluding carboxylic acids is 1. The first-order valence-corrected chi connectivity index (χ1v) is 3.63. The van der Waals surface area contributed by atoms with E-state index in [9.17, 15) is 22.4 Å². The van der Waals surface area contributed by atoms with Crippen molar-refractivity contribution >= 4 is 17.4 Å². The van der Waals surface area contributed by atoms with Crippen LogP contribution in [0.5, 0.6) is 0 Å². The van der Waals surface area contributed by atoms with Gasteiger partial charge in [0.05, 0.1) is 0 Å². The topological polar surface area (TPSA) is 30.0 Å². The second-order valence-electron chi connectivity index (χ2n) is 2.29. The van der Waals surface area contributed by atoms with Gasteiger partial charge >= 0.3 is 6.18 Å². The van der Waals surface area contributed by atoms with Gasteiger partial charge in [0.2, 0.25) is 0 Å². The molecule has 0 N–H and O–H groups in total. The molecule has 0 unspecified atom stereocenters. The van der Waals surface area contributed by atoms with E-state index in [0.717, 1.165) is 6.20 Å². The lowest BCUT2D eigenvalue weighted by molar-refractivity contribution is -0.0887. The molecule has 0 aliphatic heterocycles. The molecule has 0 aromatic carbocycles. The summed E-state index contributed by atoms with van der Waals surface area (Å²) in [7, 11) is 0. The van der Waals surface area contributed by atoms with Crippen LogP contribution in [0.15, 0.2) is 12.3 Å². The van der Waals surface area contributed by atoms with Gasteiger partial charge in [0.15, 0.2) is 0 Å². The summed E-state index contributed by atoms with van der Waals surface area (Å²) in [5, 5.41) is -0.799. The average molecular weight is 228 g/mol. The van der Waals surface area contributed by atoms with Crippen molar-refractivity contribution < 1.29 is 22.4 Å². The Balaban J connectivity index is 3.26. The number of Topliss-reactive ketones (excluding diaryl/α,β-unsaturated/α-hetero) is 1. The third-order valence-corrected chi connectivity index (χ3v) is 1.62. The van der Waals surface area contributed by atoms with Crippen LogP contribution >= 0.6 is 11.6 Å². The number of alkyl halides is 3. The molecule has 0 bridgehead atoms. The molecular formula is C7H2ClF4NO. The van der Waals surface area contributed by atoms with E-state index < -0.39 is 28.5 Å². The van der Waals surface area contributed by atoms with Gasteiger partial charge in [-0.25, -0.2) is 9.37 Å². The van der Waals surface area contributed by atoms with Crippen molar-refractivity contribution in [3.8, 4) is 0 Å². The summed E-state index contributed by atoms with van der Waals surface area (Å²) in [5.74, 6) is -3.68. The van der Waals surface area contributed by atoms with Crippen LogP contribution in [0.3, 0.4) is 0 Å². The van der Waals surface area contributed by atoms with Gasteiger partial charge in [-0.3, -0.25) is 4.79 Å². The van der Waals surface area contributed by atoms with E-state index in [1.807, 2.05) is 0 Å². The number of carbonyl (C=O) groups is 1. The number of pyridine rings is 1. The van der Waals surface area contributed by atoms with Crippen LogP contribution in [0.25, 0.3) is 0 Å². The van der Waals surface area contributed by atoms with Crippen LogP contribution in [0.4, 0.5) is 17.6 Å². The molecule has 14 heavy (non-hydrogen) atoms. The standard InChI is InChI=1S/C7H2ClF4NO/c8-6-4(3(9)1-2-13-6)5(14)7(10,11)12/h1-2H. The second kappa shape index (κ2) is 3.53. The predicted molar refractivity (Wildman–Crippen MR) is 39.6 cm³/mol. The maximum atomic E-state index is 12.8. The lowest BCUT2D eigenvalue weighted by atomic mass is 10.2. The Bertz CT molecular complexity index is 356. The first kappa shape index (κ1) is 10.9. The first-order chi connectivity index (χ1) is 6.34. The molecule has 1 rings (SSSR count). The zero-order valence-electron chi connectivity index (χ0n) is 6.40. The molecule has 0 amide bonds. The Kier molecular flexibility index (Phi) is 2.75. The molecule has 1 heterocycles. The number of rotatable bonds is 1. The van der Waals surface area contributed by atoms with Crippen molar-refractivity contribution in [1.82, 2.24) is 4.98 Å². The fourth-order valence-electron chi connectivity index (χ4n) is 0.758. The number of halogens is 5. The van der Waals surface area contributed by atoms with E-state index in [1.165, 1.54) is 0 Å². The van der Waals surface area contributed by atoms with Crippen molar-refractivity contribution in [2.24, 2.45) is 0 Å². The number of hydrogen-bond acceptors (Lipinski definition) is 2. The molecule has 2 nitrogen and oxygen atoms in total. The minimum atomic E-state index is -5.16. The quantitative estimate of drug-likeness (QED) is 0.419. The van der Waals surface area contributed by atoms with Crippen LogP contribution in [0.1, 0.15) is 10.4 Å². The molecule has 0 aliphatic carbocycles. The molecule has 1 aromatic rings.